The van der Waals surface area contributed by atoms with Gasteiger partial charge >= 0.3 is 0 Å². The van der Waals surface area contributed by atoms with E-state index in [-0.39, 0.29) is 12.0 Å². The monoisotopic (exact) mass is 289 g/mol. The molecular weight excluding hydrogens is 262 g/mol. The molecule has 4 nitrogen and oxygen atoms in total. The lowest BCUT2D eigenvalue weighted by Gasteiger charge is -2.37. The molecule has 1 fully saturated rings. The van der Waals surface area contributed by atoms with Crippen molar-refractivity contribution in [3.05, 3.63) is 23.0 Å². The summed E-state index contributed by atoms with van der Waals surface area (Å²) in [6, 6.07) is 4.20. The van der Waals surface area contributed by atoms with E-state index in [4.69, 9.17) is 5.26 Å². The largest absolute Gasteiger partial charge is 0.396 e. The van der Waals surface area contributed by atoms with E-state index in [2.05, 4.69) is 18.3 Å². The van der Waals surface area contributed by atoms with E-state index in [1.54, 1.807) is 0 Å². The first-order valence-electron chi connectivity index (χ1n) is 7.99. The molecule has 1 aliphatic carbocycles. The third kappa shape index (κ3) is 3.66. The van der Waals surface area contributed by atoms with Crippen LogP contribution in [-0.4, -0.2) is 22.8 Å². The number of aromatic nitrogens is 1. The average molecular weight is 289 g/mol. The molecule has 1 aromatic rings. The van der Waals surface area contributed by atoms with Gasteiger partial charge in [-0.25, -0.2) is 0 Å². The van der Waals surface area contributed by atoms with Crippen molar-refractivity contribution < 1.29 is 5.11 Å². The fourth-order valence-electron chi connectivity index (χ4n) is 3.57. The van der Waals surface area contributed by atoms with E-state index in [0.717, 1.165) is 25.2 Å². The van der Waals surface area contributed by atoms with Crippen molar-refractivity contribution in [2.75, 3.05) is 13.2 Å². The van der Waals surface area contributed by atoms with Crippen LogP contribution in [0.2, 0.25) is 0 Å². The predicted octanol–water partition coefficient (Wildman–Crippen LogP) is 2.63. The highest BCUT2D eigenvalue weighted by molar-refractivity contribution is 5.34. The maximum atomic E-state index is 9.35. The summed E-state index contributed by atoms with van der Waals surface area (Å²) in [7, 11) is 1.94. The van der Waals surface area contributed by atoms with Gasteiger partial charge in [-0.15, -0.1) is 0 Å². The highest BCUT2D eigenvalue weighted by atomic mass is 16.3. The lowest BCUT2D eigenvalue weighted by molar-refractivity contribution is 0.126. The van der Waals surface area contributed by atoms with Gasteiger partial charge in [-0.05, 0) is 43.2 Å². The van der Waals surface area contributed by atoms with E-state index >= 15 is 0 Å². The molecule has 1 saturated carbocycles. The highest BCUT2D eigenvalue weighted by Gasteiger charge is 2.31. The average Bonchev–Trinajstić information content (AvgIpc) is 2.76. The maximum Gasteiger partial charge on any atom is 0.120 e. The molecule has 0 spiro atoms. The van der Waals surface area contributed by atoms with Crippen LogP contribution in [0, 0.1) is 23.7 Å². The zero-order valence-corrected chi connectivity index (χ0v) is 13.3. The lowest BCUT2D eigenvalue weighted by Crippen LogP contribution is -2.36. The number of nitrogens with one attached hydrogen (secondary N) is 1. The Balaban J connectivity index is 1.95. The quantitative estimate of drug-likeness (QED) is 0.846. The van der Waals surface area contributed by atoms with Gasteiger partial charge in [-0.2, -0.15) is 5.26 Å². The van der Waals surface area contributed by atoms with Crippen molar-refractivity contribution in [1.82, 2.24) is 9.88 Å². The van der Waals surface area contributed by atoms with Gasteiger partial charge in [0.25, 0.3) is 0 Å². The smallest absolute Gasteiger partial charge is 0.120 e. The summed E-state index contributed by atoms with van der Waals surface area (Å²) in [4.78, 5) is 0. The summed E-state index contributed by atoms with van der Waals surface area (Å²) in [5.41, 5.74) is 3.34. The molecule has 4 heteroatoms. The molecule has 2 N–H and O–H groups in total. The van der Waals surface area contributed by atoms with Crippen LogP contribution in [0.3, 0.4) is 0 Å². The van der Waals surface area contributed by atoms with Gasteiger partial charge in [0, 0.05) is 32.4 Å². The van der Waals surface area contributed by atoms with Crippen LogP contribution < -0.4 is 5.32 Å². The number of nitriles is 1. The highest BCUT2D eigenvalue weighted by Crippen LogP contribution is 2.38. The zero-order valence-electron chi connectivity index (χ0n) is 13.3. The van der Waals surface area contributed by atoms with E-state index < -0.39 is 0 Å². The second-order valence-corrected chi connectivity index (χ2v) is 6.45. The Kier molecular flexibility index (Phi) is 5.44. The fourth-order valence-corrected chi connectivity index (χ4v) is 3.57. The van der Waals surface area contributed by atoms with Crippen LogP contribution in [0.4, 0.5) is 0 Å². The summed E-state index contributed by atoms with van der Waals surface area (Å²) in [6.07, 6.45) is 7.23. The van der Waals surface area contributed by atoms with Gasteiger partial charge < -0.3 is 15.0 Å². The first kappa shape index (κ1) is 16.1. The molecule has 0 unspecified atom stereocenters. The maximum absolute atomic E-state index is 9.35. The Labute approximate surface area is 127 Å². The van der Waals surface area contributed by atoms with Gasteiger partial charge in [0.15, 0.2) is 0 Å². The second-order valence-electron chi connectivity index (χ2n) is 6.45. The molecule has 0 aliphatic heterocycles. The number of aliphatic hydroxyl groups excluding tert-OH is 1. The molecule has 1 heterocycles. The minimum Gasteiger partial charge on any atom is -0.396 e. The zero-order chi connectivity index (χ0) is 15.3. The van der Waals surface area contributed by atoms with Crippen molar-refractivity contribution in [3.63, 3.8) is 0 Å². The van der Waals surface area contributed by atoms with Crippen molar-refractivity contribution in [1.29, 1.82) is 5.26 Å². The SMILES string of the molecule is Cc1c(CNCC2(CCO)CCCCC2)cc(C#N)n1C. The van der Waals surface area contributed by atoms with Gasteiger partial charge in [0.1, 0.15) is 11.8 Å². The Morgan fingerprint density at radius 3 is 2.67 bits per heavy atom. The van der Waals surface area contributed by atoms with E-state index in [1.807, 2.05) is 17.7 Å². The first-order chi connectivity index (χ1) is 10.1. The minimum absolute atomic E-state index is 0.272. The molecule has 116 valence electrons. The summed E-state index contributed by atoms with van der Waals surface area (Å²) < 4.78 is 1.95. The van der Waals surface area contributed by atoms with Gasteiger partial charge in [-0.1, -0.05) is 19.3 Å². The topological polar surface area (TPSA) is 61.0 Å². The van der Waals surface area contributed by atoms with E-state index in [1.165, 1.54) is 37.7 Å². The molecule has 21 heavy (non-hydrogen) atoms. The normalized spacial score (nSPS) is 17.6. The standard InChI is InChI=1S/C17H27N3O/c1-14-15(10-16(11-18)20(14)2)12-19-13-17(8-9-21)6-4-3-5-7-17/h10,19,21H,3-9,12-13H2,1-2H3. The minimum atomic E-state index is 0.272. The fraction of sp³-hybridized carbons (Fsp3) is 0.706. The Bertz CT molecular complexity index is 501. The number of hydrogen-bond donors (Lipinski definition) is 2. The lowest BCUT2D eigenvalue weighted by atomic mass is 9.72. The van der Waals surface area contributed by atoms with Crippen molar-refractivity contribution in [3.8, 4) is 6.07 Å². The second kappa shape index (κ2) is 7.11. The third-order valence-corrected chi connectivity index (χ3v) is 5.13. The number of rotatable bonds is 6. The Morgan fingerprint density at radius 1 is 1.38 bits per heavy atom. The summed E-state index contributed by atoms with van der Waals surface area (Å²) >= 11 is 0. The first-order valence-corrected chi connectivity index (χ1v) is 7.99. The Hall–Kier alpha value is -1.31. The molecular formula is C17H27N3O. The van der Waals surface area contributed by atoms with Crippen molar-refractivity contribution >= 4 is 0 Å². The molecule has 0 aromatic carbocycles. The van der Waals surface area contributed by atoms with Gasteiger partial charge in [-0.3, -0.25) is 0 Å². The molecule has 0 bridgehead atoms. The van der Waals surface area contributed by atoms with Crippen molar-refractivity contribution in [2.24, 2.45) is 12.5 Å². The van der Waals surface area contributed by atoms with Crippen LogP contribution in [0.1, 0.15) is 55.5 Å². The van der Waals surface area contributed by atoms with Crippen LogP contribution in [0.5, 0.6) is 0 Å². The molecule has 0 amide bonds. The van der Waals surface area contributed by atoms with E-state index in [9.17, 15) is 5.11 Å². The van der Waals surface area contributed by atoms with Gasteiger partial charge in [0.05, 0.1) is 0 Å². The molecule has 1 aromatic heterocycles. The molecule has 0 radical (unpaired) electrons. The summed E-state index contributed by atoms with van der Waals surface area (Å²) in [5.74, 6) is 0. The molecule has 0 atom stereocenters. The Morgan fingerprint density at radius 2 is 2.10 bits per heavy atom. The summed E-state index contributed by atoms with van der Waals surface area (Å²) in [6.45, 7) is 4.10. The van der Waals surface area contributed by atoms with E-state index in [0.29, 0.717) is 5.69 Å². The molecule has 1 aliphatic rings. The van der Waals surface area contributed by atoms with Gasteiger partial charge in [0.2, 0.25) is 0 Å². The van der Waals surface area contributed by atoms with Crippen molar-refractivity contribution in [2.45, 2.75) is 52.0 Å². The van der Waals surface area contributed by atoms with Crippen LogP contribution in [0.15, 0.2) is 6.07 Å². The number of nitrogens with zero attached hydrogens (tertiary/aromatic N) is 2. The van der Waals surface area contributed by atoms with Crippen LogP contribution in [0.25, 0.3) is 0 Å². The summed E-state index contributed by atoms with van der Waals surface area (Å²) in [5, 5.41) is 22.0. The van der Waals surface area contributed by atoms with Crippen LogP contribution in [-0.2, 0) is 13.6 Å². The third-order valence-electron chi connectivity index (χ3n) is 5.13. The number of aliphatic hydroxyl groups is 1. The molecule has 0 saturated heterocycles. The molecule has 2 rings (SSSR count). The number of hydrogen-bond acceptors (Lipinski definition) is 3. The van der Waals surface area contributed by atoms with Crippen LogP contribution >= 0.6 is 0 Å². The predicted molar refractivity (Wildman–Crippen MR) is 83.8 cm³/mol.